The van der Waals surface area contributed by atoms with Gasteiger partial charge in [-0.1, -0.05) is 0 Å². The molecular formula is C12H25N4O2+. The van der Waals surface area contributed by atoms with Gasteiger partial charge < -0.3 is 25.2 Å². The van der Waals surface area contributed by atoms with Crippen molar-refractivity contribution in [2.24, 2.45) is 5.92 Å². The van der Waals surface area contributed by atoms with Crippen LogP contribution in [0.3, 0.4) is 0 Å². The molecule has 0 saturated heterocycles. The van der Waals surface area contributed by atoms with Crippen LogP contribution in [0.2, 0.25) is 0 Å². The van der Waals surface area contributed by atoms with Crippen molar-refractivity contribution in [3.8, 4) is 0 Å². The molecule has 1 heterocycles. The number of carbonyl (C=O) groups is 1. The number of quaternary nitrogens is 2. The molecule has 1 rings (SSSR count). The Bertz CT molecular complexity index is 323. The van der Waals surface area contributed by atoms with Gasteiger partial charge in [0.1, 0.15) is 12.1 Å². The lowest BCUT2D eigenvalue weighted by atomic mass is 10.2. The maximum atomic E-state index is 11.3. The van der Waals surface area contributed by atoms with Gasteiger partial charge in [0.25, 0.3) is 0 Å². The van der Waals surface area contributed by atoms with E-state index in [4.69, 9.17) is 4.74 Å². The van der Waals surface area contributed by atoms with Gasteiger partial charge in [0, 0.05) is 6.42 Å². The molecule has 0 aromatic rings. The molecule has 2 unspecified atom stereocenters. The van der Waals surface area contributed by atoms with Crippen LogP contribution in [0.15, 0.2) is 11.9 Å². The Labute approximate surface area is 109 Å². The van der Waals surface area contributed by atoms with E-state index >= 15 is 0 Å². The van der Waals surface area contributed by atoms with Crippen molar-refractivity contribution in [1.29, 1.82) is 0 Å². The highest BCUT2D eigenvalue weighted by Gasteiger charge is 2.19. The molecule has 1 aliphatic rings. The molecule has 0 saturated carbocycles. The molecule has 0 bridgehead atoms. The summed E-state index contributed by atoms with van der Waals surface area (Å²) >= 11 is 0. The van der Waals surface area contributed by atoms with Crippen molar-refractivity contribution in [3.05, 3.63) is 17.4 Å². The fourth-order valence-electron chi connectivity index (χ4n) is 1.70. The van der Waals surface area contributed by atoms with Crippen molar-refractivity contribution in [2.45, 2.75) is 13.3 Å². The predicted molar refractivity (Wildman–Crippen MR) is 69.1 cm³/mol. The third kappa shape index (κ3) is 5.03. The van der Waals surface area contributed by atoms with E-state index in [0.717, 1.165) is 28.2 Å². The van der Waals surface area contributed by atoms with E-state index in [1.54, 1.807) is 0 Å². The Morgan fingerprint density at radius 2 is 2.22 bits per heavy atom. The first kappa shape index (κ1) is 14.9. The summed E-state index contributed by atoms with van der Waals surface area (Å²) in [5, 5.41) is 0.921. The maximum absolute atomic E-state index is 11.3. The quantitative estimate of drug-likeness (QED) is 0.495. The Kier molecular flexibility index (Phi) is 5.13. The minimum Gasteiger partial charge on any atom is -0.469 e. The van der Waals surface area contributed by atoms with Crippen LogP contribution in [0.1, 0.15) is 13.3 Å². The molecule has 2 atom stereocenters. The normalized spacial score (nSPS) is 21.2. The zero-order valence-electron chi connectivity index (χ0n) is 12.0. The molecule has 104 valence electrons. The summed E-state index contributed by atoms with van der Waals surface area (Å²) in [4.78, 5) is 11.3. The molecular weight excluding hydrogens is 232 g/mol. The number of rotatable bonds is 6. The number of nitrogens with zero attached hydrogens (tertiary/aromatic N) is 2. The van der Waals surface area contributed by atoms with E-state index < -0.39 is 0 Å². The van der Waals surface area contributed by atoms with Crippen LogP contribution >= 0.6 is 0 Å². The van der Waals surface area contributed by atoms with Crippen LogP contribution in [0, 0.1) is 5.92 Å². The average molecular weight is 257 g/mol. The third-order valence-corrected chi connectivity index (χ3v) is 2.85. The van der Waals surface area contributed by atoms with Crippen LogP contribution in [-0.2, 0) is 9.53 Å². The predicted octanol–water partition coefficient (Wildman–Crippen LogP) is -0.575. The first-order valence-corrected chi connectivity index (χ1v) is 6.23. The van der Waals surface area contributed by atoms with Gasteiger partial charge in [-0.05, 0) is 6.92 Å². The van der Waals surface area contributed by atoms with Crippen molar-refractivity contribution < 1.29 is 19.0 Å². The SMILES string of the molecule is COC(=O)C(C)C[NH+]1C=C(CC[N+](C)(C)C)N[N-]1. The summed E-state index contributed by atoms with van der Waals surface area (Å²) < 4.78 is 5.63. The number of hydrogen-bond donors (Lipinski definition) is 2. The highest BCUT2D eigenvalue weighted by molar-refractivity contribution is 5.71. The van der Waals surface area contributed by atoms with Gasteiger partial charge in [-0.3, -0.25) is 4.79 Å². The molecule has 1 aliphatic heterocycles. The monoisotopic (exact) mass is 257 g/mol. The summed E-state index contributed by atoms with van der Waals surface area (Å²) in [7, 11) is 7.90. The first-order valence-electron chi connectivity index (χ1n) is 6.23. The zero-order valence-corrected chi connectivity index (χ0v) is 12.0. The van der Waals surface area contributed by atoms with Crippen molar-refractivity contribution in [2.75, 3.05) is 41.3 Å². The summed E-state index contributed by atoms with van der Waals surface area (Å²) in [6.45, 7) is 3.52. The van der Waals surface area contributed by atoms with Crippen LogP contribution in [0.5, 0.6) is 0 Å². The second-order valence-corrected chi connectivity index (χ2v) is 5.78. The van der Waals surface area contributed by atoms with E-state index in [1.165, 1.54) is 7.11 Å². The standard InChI is InChI=1S/C12H25N4O2/c1-10(12(17)18-5)8-15-9-11(13-14-15)6-7-16(2,3)4/h9-10,13,15H,6-8H2,1-5H3/q+1. The number of nitrogens with one attached hydrogen (secondary N) is 2. The highest BCUT2D eigenvalue weighted by Crippen LogP contribution is 2.04. The van der Waals surface area contributed by atoms with Gasteiger partial charge in [-0.25, -0.2) is 0 Å². The molecule has 0 radical (unpaired) electrons. The minimum atomic E-state index is -0.189. The molecule has 18 heavy (non-hydrogen) atoms. The average Bonchev–Trinajstić information content (AvgIpc) is 2.72. The number of methoxy groups -OCH3 is 1. The number of hydrogen-bond acceptors (Lipinski definition) is 3. The van der Waals surface area contributed by atoms with E-state index in [9.17, 15) is 4.79 Å². The molecule has 0 spiro atoms. The van der Waals surface area contributed by atoms with Gasteiger partial charge in [-0.15, -0.1) is 0 Å². The van der Waals surface area contributed by atoms with E-state index in [-0.39, 0.29) is 11.9 Å². The molecule has 6 heteroatoms. The minimum absolute atomic E-state index is 0.149. The van der Waals surface area contributed by atoms with E-state index in [1.807, 2.05) is 13.1 Å². The number of ether oxygens (including phenoxy) is 1. The van der Waals surface area contributed by atoms with Gasteiger partial charge in [0.15, 0.2) is 0 Å². The topological polar surface area (TPSA) is 56.9 Å². The molecule has 6 nitrogen and oxygen atoms in total. The van der Waals surface area contributed by atoms with E-state index in [2.05, 4.69) is 32.1 Å². The Hall–Kier alpha value is -1.11. The van der Waals surface area contributed by atoms with Gasteiger partial charge in [-0.2, -0.15) is 0 Å². The molecule has 0 aliphatic carbocycles. The lowest BCUT2D eigenvalue weighted by molar-refractivity contribution is -0.870. The molecule has 0 aromatic carbocycles. The summed E-state index contributed by atoms with van der Waals surface area (Å²) in [5.74, 6) is -0.338. The maximum Gasteiger partial charge on any atom is 0.314 e. The Morgan fingerprint density at radius 3 is 2.78 bits per heavy atom. The molecule has 0 amide bonds. The summed E-state index contributed by atoms with van der Waals surface area (Å²) in [5.41, 5.74) is 8.38. The van der Waals surface area contributed by atoms with Crippen LogP contribution in [0.4, 0.5) is 0 Å². The first-order chi connectivity index (χ1) is 8.31. The van der Waals surface area contributed by atoms with E-state index in [0.29, 0.717) is 6.54 Å². The summed E-state index contributed by atoms with van der Waals surface area (Å²) in [6.07, 6.45) is 3.00. The lowest BCUT2D eigenvalue weighted by Crippen LogP contribution is -3.03. The smallest absolute Gasteiger partial charge is 0.314 e. The van der Waals surface area contributed by atoms with Gasteiger partial charge >= 0.3 is 5.97 Å². The zero-order chi connectivity index (χ0) is 13.8. The van der Waals surface area contributed by atoms with Crippen LogP contribution in [-0.4, -0.2) is 51.8 Å². The van der Waals surface area contributed by atoms with Crippen LogP contribution < -0.4 is 10.4 Å². The van der Waals surface area contributed by atoms with Crippen molar-refractivity contribution in [1.82, 2.24) is 5.43 Å². The van der Waals surface area contributed by atoms with Gasteiger partial charge in [0.2, 0.25) is 0 Å². The van der Waals surface area contributed by atoms with Crippen molar-refractivity contribution in [3.63, 3.8) is 0 Å². The van der Waals surface area contributed by atoms with Crippen LogP contribution in [0.25, 0.3) is 5.53 Å². The molecule has 0 fully saturated rings. The number of esters is 1. The van der Waals surface area contributed by atoms with Gasteiger partial charge in [0.05, 0.1) is 47.0 Å². The molecule has 0 aromatic heterocycles. The largest absolute Gasteiger partial charge is 0.469 e. The Balaban J connectivity index is 2.39. The fraction of sp³-hybridized carbons (Fsp3) is 0.750. The Morgan fingerprint density at radius 1 is 1.56 bits per heavy atom. The second-order valence-electron chi connectivity index (χ2n) is 5.78. The number of carbonyl (C=O) groups excluding carboxylic acids is 1. The molecule has 2 N–H and O–H groups in total. The second kappa shape index (κ2) is 6.17. The lowest BCUT2D eigenvalue weighted by Gasteiger charge is -2.25. The van der Waals surface area contributed by atoms with Crippen molar-refractivity contribution >= 4 is 5.97 Å². The third-order valence-electron chi connectivity index (χ3n) is 2.85. The fourth-order valence-corrected chi connectivity index (χ4v) is 1.70. The highest BCUT2D eigenvalue weighted by atomic mass is 16.5. The summed E-state index contributed by atoms with van der Waals surface area (Å²) in [6, 6.07) is 0.